The van der Waals surface area contributed by atoms with Crippen LogP contribution in [0.15, 0.2) is 18.3 Å². The fourth-order valence-electron chi connectivity index (χ4n) is 2.55. The summed E-state index contributed by atoms with van der Waals surface area (Å²) >= 11 is 0. The second-order valence-electron chi connectivity index (χ2n) is 5.44. The summed E-state index contributed by atoms with van der Waals surface area (Å²) in [5.41, 5.74) is 7.17. The van der Waals surface area contributed by atoms with Gasteiger partial charge >= 0.3 is 0 Å². The maximum atomic E-state index is 6.01. The fraction of sp³-hybridized carbons (Fsp3) is 0.643. The number of nitrogens with zero attached hydrogens (tertiary/aromatic N) is 2. The Labute approximate surface area is 104 Å². The lowest BCUT2D eigenvalue weighted by molar-refractivity contribution is 0.422. The Balaban J connectivity index is 2.18. The Kier molecular flexibility index (Phi) is 3.67. The maximum absolute atomic E-state index is 6.01. The number of pyridine rings is 1. The predicted octanol–water partition coefficient (Wildman–Crippen LogP) is 2.58. The molecule has 1 aliphatic rings. The lowest BCUT2D eigenvalue weighted by Crippen LogP contribution is -2.24. The molecule has 0 bridgehead atoms. The van der Waals surface area contributed by atoms with Gasteiger partial charge in [-0.1, -0.05) is 19.9 Å². The van der Waals surface area contributed by atoms with Gasteiger partial charge in [-0.2, -0.15) is 0 Å². The Bertz CT molecular complexity index is 373. The highest BCUT2D eigenvalue weighted by Crippen LogP contribution is 2.30. The second-order valence-corrected chi connectivity index (χ2v) is 5.44. The molecular weight excluding hydrogens is 210 g/mol. The minimum absolute atomic E-state index is 0.0526. The van der Waals surface area contributed by atoms with E-state index < -0.39 is 0 Å². The monoisotopic (exact) mass is 233 g/mol. The van der Waals surface area contributed by atoms with E-state index in [2.05, 4.69) is 29.8 Å². The minimum Gasteiger partial charge on any atom is -0.356 e. The van der Waals surface area contributed by atoms with E-state index in [-0.39, 0.29) is 6.04 Å². The van der Waals surface area contributed by atoms with Crippen molar-refractivity contribution in [2.45, 2.75) is 33.2 Å². The van der Waals surface area contributed by atoms with Gasteiger partial charge in [0.2, 0.25) is 0 Å². The van der Waals surface area contributed by atoms with Gasteiger partial charge in [-0.3, -0.25) is 0 Å². The quantitative estimate of drug-likeness (QED) is 0.872. The first-order chi connectivity index (χ1) is 8.09. The van der Waals surface area contributed by atoms with Crippen LogP contribution in [0.4, 0.5) is 5.82 Å². The van der Waals surface area contributed by atoms with Crippen LogP contribution in [0.5, 0.6) is 0 Å². The van der Waals surface area contributed by atoms with E-state index in [9.17, 15) is 0 Å². The van der Waals surface area contributed by atoms with E-state index in [1.807, 2.05) is 19.2 Å². The third-order valence-electron chi connectivity index (χ3n) is 3.77. The highest BCUT2D eigenvalue weighted by atomic mass is 15.2. The normalized spacial score (nSPS) is 22.2. The molecule has 1 unspecified atom stereocenters. The number of aromatic nitrogens is 1. The number of nitrogens with two attached hydrogens (primary N) is 1. The Morgan fingerprint density at radius 3 is 2.76 bits per heavy atom. The summed E-state index contributed by atoms with van der Waals surface area (Å²) in [6, 6.07) is 4.12. The van der Waals surface area contributed by atoms with Crippen LogP contribution in [-0.4, -0.2) is 18.1 Å². The highest BCUT2D eigenvalue weighted by Gasteiger charge is 2.27. The van der Waals surface area contributed by atoms with Crippen molar-refractivity contribution in [2.75, 3.05) is 18.0 Å². The van der Waals surface area contributed by atoms with Crippen molar-refractivity contribution in [3.8, 4) is 0 Å². The first kappa shape index (κ1) is 12.4. The molecule has 17 heavy (non-hydrogen) atoms. The van der Waals surface area contributed by atoms with Crippen molar-refractivity contribution in [3.05, 3.63) is 23.9 Å². The Morgan fingerprint density at radius 2 is 2.18 bits per heavy atom. The van der Waals surface area contributed by atoms with E-state index in [0.717, 1.165) is 36.3 Å². The van der Waals surface area contributed by atoms with Gasteiger partial charge in [0.05, 0.1) is 0 Å². The van der Waals surface area contributed by atoms with Gasteiger partial charge in [0.15, 0.2) is 0 Å². The third-order valence-corrected chi connectivity index (χ3v) is 3.77. The molecule has 0 spiro atoms. The van der Waals surface area contributed by atoms with Crippen molar-refractivity contribution in [3.63, 3.8) is 0 Å². The van der Waals surface area contributed by atoms with Crippen LogP contribution in [0, 0.1) is 11.8 Å². The summed E-state index contributed by atoms with van der Waals surface area (Å²) < 4.78 is 0. The van der Waals surface area contributed by atoms with Crippen LogP contribution >= 0.6 is 0 Å². The standard InChI is InChI=1S/C14H23N3/c1-10(2)12-6-8-17(9-12)14-13(11(3)15)5-4-7-16-14/h4-5,7,10-12H,6,8-9,15H2,1-3H3/t11-,12?/m0/s1. The molecule has 1 saturated heterocycles. The summed E-state index contributed by atoms with van der Waals surface area (Å²) in [6.45, 7) is 8.86. The smallest absolute Gasteiger partial charge is 0.133 e. The third kappa shape index (κ3) is 2.60. The first-order valence-corrected chi connectivity index (χ1v) is 6.55. The molecule has 94 valence electrons. The fourth-order valence-corrected chi connectivity index (χ4v) is 2.55. The molecule has 2 N–H and O–H groups in total. The van der Waals surface area contributed by atoms with Gasteiger partial charge in [-0.05, 0) is 31.2 Å². The SMILES string of the molecule is CC(C)C1CCN(c2ncccc2[C@H](C)N)C1. The van der Waals surface area contributed by atoms with Crippen LogP contribution in [0.25, 0.3) is 0 Å². The molecule has 1 aromatic heterocycles. The van der Waals surface area contributed by atoms with Crippen molar-refractivity contribution < 1.29 is 0 Å². The van der Waals surface area contributed by atoms with Crippen LogP contribution in [0.3, 0.4) is 0 Å². The van der Waals surface area contributed by atoms with E-state index >= 15 is 0 Å². The molecular formula is C14H23N3. The molecule has 1 aliphatic heterocycles. The number of rotatable bonds is 3. The highest BCUT2D eigenvalue weighted by molar-refractivity contribution is 5.49. The molecule has 0 amide bonds. The van der Waals surface area contributed by atoms with Gasteiger partial charge in [0, 0.05) is 30.9 Å². The zero-order chi connectivity index (χ0) is 12.4. The minimum atomic E-state index is 0.0526. The zero-order valence-corrected chi connectivity index (χ0v) is 11.1. The van der Waals surface area contributed by atoms with Gasteiger partial charge in [0.25, 0.3) is 0 Å². The first-order valence-electron chi connectivity index (χ1n) is 6.55. The molecule has 1 aromatic rings. The van der Waals surface area contributed by atoms with Crippen LogP contribution in [0.1, 0.15) is 38.8 Å². The summed E-state index contributed by atoms with van der Waals surface area (Å²) in [5, 5.41) is 0. The molecule has 0 aromatic carbocycles. The molecule has 2 rings (SSSR count). The van der Waals surface area contributed by atoms with Crippen molar-refractivity contribution in [2.24, 2.45) is 17.6 Å². The lowest BCUT2D eigenvalue weighted by atomic mass is 9.95. The van der Waals surface area contributed by atoms with E-state index in [0.29, 0.717) is 0 Å². The topological polar surface area (TPSA) is 42.2 Å². The number of anilines is 1. The van der Waals surface area contributed by atoms with Crippen LogP contribution in [0.2, 0.25) is 0 Å². The van der Waals surface area contributed by atoms with E-state index in [1.54, 1.807) is 0 Å². The van der Waals surface area contributed by atoms with Gasteiger partial charge in [0.1, 0.15) is 5.82 Å². The van der Waals surface area contributed by atoms with Crippen molar-refractivity contribution in [1.29, 1.82) is 0 Å². The van der Waals surface area contributed by atoms with Gasteiger partial charge < -0.3 is 10.6 Å². The van der Waals surface area contributed by atoms with Crippen molar-refractivity contribution >= 4 is 5.82 Å². The molecule has 0 aliphatic carbocycles. The summed E-state index contributed by atoms with van der Waals surface area (Å²) in [7, 11) is 0. The molecule has 3 nitrogen and oxygen atoms in total. The van der Waals surface area contributed by atoms with Crippen LogP contribution in [-0.2, 0) is 0 Å². The van der Waals surface area contributed by atoms with E-state index in [1.165, 1.54) is 6.42 Å². The number of hydrogen-bond acceptors (Lipinski definition) is 3. The average Bonchev–Trinajstić information content (AvgIpc) is 2.78. The molecule has 2 atom stereocenters. The van der Waals surface area contributed by atoms with Gasteiger partial charge in [-0.25, -0.2) is 4.98 Å². The van der Waals surface area contributed by atoms with Crippen LogP contribution < -0.4 is 10.6 Å². The molecule has 2 heterocycles. The summed E-state index contributed by atoms with van der Waals surface area (Å²) in [5.74, 6) is 2.63. The Hall–Kier alpha value is -1.09. The maximum Gasteiger partial charge on any atom is 0.133 e. The lowest BCUT2D eigenvalue weighted by Gasteiger charge is -2.22. The molecule has 0 radical (unpaired) electrons. The van der Waals surface area contributed by atoms with Crippen molar-refractivity contribution in [1.82, 2.24) is 4.98 Å². The largest absolute Gasteiger partial charge is 0.356 e. The molecule has 0 saturated carbocycles. The number of hydrogen-bond donors (Lipinski definition) is 1. The van der Waals surface area contributed by atoms with E-state index in [4.69, 9.17) is 5.73 Å². The second kappa shape index (κ2) is 5.05. The Morgan fingerprint density at radius 1 is 1.41 bits per heavy atom. The molecule has 1 fully saturated rings. The summed E-state index contributed by atoms with van der Waals surface area (Å²) in [4.78, 5) is 6.91. The summed E-state index contributed by atoms with van der Waals surface area (Å²) in [6.07, 6.45) is 3.14. The average molecular weight is 233 g/mol. The predicted molar refractivity (Wildman–Crippen MR) is 72.0 cm³/mol. The molecule has 3 heteroatoms. The zero-order valence-electron chi connectivity index (χ0n) is 11.1. The van der Waals surface area contributed by atoms with Gasteiger partial charge in [-0.15, -0.1) is 0 Å².